The lowest BCUT2D eigenvalue weighted by molar-refractivity contribution is -0.132. The fraction of sp³-hybridized carbons (Fsp3) is 0.609. The zero-order valence-electron chi connectivity index (χ0n) is 16.9. The van der Waals surface area contributed by atoms with E-state index in [-0.39, 0.29) is 23.5 Å². The van der Waals surface area contributed by atoms with E-state index in [2.05, 4.69) is 21.9 Å². The Kier molecular flexibility index (Phi) is 3.08. The zero-order chi connectivity index (χ0) is 19.5. The molecule has 29 heavy (non-hydrogen) atoms. The van der Waals surface area contributed by atoms with E-state index in [1.165, 1.54) is 12.0 Å². The first-order chi connectivity index (χ1) is 14.2. The molecule has 6 nitrogen and oxygen atoms in total. The van der Waals surface area contributed by atoms with E-state index in [0.29, 0.717) is 36.7 Å². The molecule has 0 aromatic heterocycles. The fourth-order valence-corrected chi connectivity index (χ4v) is 7.87. The van der Waals surface area contributed by atoms with Gasteiger partial charge in [0.1, 0.15) is 0 Å². The maximum Gasteiger partial charge on any atom is 0.229 e. The molecule has 1 saturated carbocycles. The molecule has 1 aromatic carbocycles. The summed E-state index contributed by atoms with van der Waals surface area (Å²) in [6, 6.07) is 4.87. The highest BCUT2D eigenvalue weighted by Crippen LogP contribution is 2.66. The van der Waals surface area contributed by atoms with E-state index < -0.39 is 0 Å². The lowest BCUT2D eigenvalue weighted by atomic mass is 9.53. The second-order valence-electron chi connectivity index (χ2n) is 9.48. The first kappa shape index (κ1) is 16.7. The summed E-state index contributed by atoms with van der Waals surface area (Å²) in [5, 5.41) is 0. The Bertz CT molecular complexity index is 974. The van der Waals surface area contributed by atoms with Crippen LogP contribution in [0.4, 0.5) is 5.69 Å². The number of hydrogen-bond donors (Lipinski definition) is 0. The first-order valence-corrected chi connectivity index (χ1v) is 10.8. The van der Waals surface area contributed by atoms with Gasteiger partial charge >= 0.3 is 0 Å². The Labute approximate surface area is 170 Å². The number of rotatable bonds is 2. The van der Waals surface area contributed by atoms with Crippen LogP contribution in [0.1, 0.15) is 24.8 Å². The molecule has 0 N–H and O–H groups in total. The minimum absolute atomic E-state index is 0.0242. The number of benzene rings is 1. The quantitative estimate of drug-likeness (QED) is 0.719. The van der Waals surface area contributed by atoms with Gasteiger partial charge < -0.3 is 19.1 Å². The molecule has 7 rings (SSSR count). The van der Waals surface area contributed by atoms with Gasteiger partial charge in [-0.2, -0.15) is 0 Å². The average Bonchev–Trinajstić information content (AvgIpc) is 3.20. The van der Waals surface area contributed by atoms with Crippen LogP contribution in [-0.2, 0) is 14.9 Å². The van der Waals surface area contributed by atoms with E-state index in [9.17, 15) is 4.79 Å². The number of carbonyl (C=O) groups excluding carboxylic acids is 1. The SMILES string of the molecule is COc1cc2c(cc1OC)C13CCN4CC5=CCOC6CC(=O)N2C1[C@H]6[C@H]5C[C@H]43. The molecular weight excluding hydrogens is 368 g/mol. The highest BCUT2D eigenvalue weighted by molar-refractivity contribution is 5.99. The highest BCUT2D eigenvalue weighted by atomic mass is 16.5. The number of fused-ring (bicyclic) bond motifs is 2. The largest absolute Gasteiger partial charge is 0.493 e. The van der Waals surface area contributed by atoms with Crippen molar-refractivity contribution < 1.29 is 19.0 Å². The van der Waals surface area contributed by atoms with Crippen molar-refractivity contribution in [2.24, 2.45) is 11.8 Å². The number of hydrogen-bond acceptors (Lipinski definition) is 5. The standard InChI is InChI=1S/C23H26N2O4/c1-27-16-8-14-15(9-17(16)28-2)25-20(26)10-18-21-13-7-19-23(14,22(21)25)4-5-24(19)11-12(13)3-6-29-18/h3,8-9,13,18-19,21-22H,4-7,10-11H2,1-2H3/t13-,18?,19-,21-,22?,23?/m0/s1. The monoisotopic (exact) mass is 394 g/mol. The van der Waals surface area contributed by atoms with Crippen molar-refractivity contribution in [3.05, 3.63) is 29.3 Å². The number of amides is 1. The van der Waals surface area contributed by atoms with Crippen molar-refractivity contribution in [2.75, 3.05) is 38.8 Å². The predicted octanol–water partition coefficient (Wildman–Crippen LogP) is 2.11. The number of ether oxygens (including phenoxy) is 3. The Balaban J connectivity index is 1.52. The molecule has 6 aliphatic rings. The molecule has 6 heteroatoms. The molecule has 4 fully saturated rings. The molecule has 3 saturated heterocycles. The van der Waals surface area contributed by atoms with Crippen LogP contribution in [0.2, 0.25) is 0 Å². The van der Waals surface area contributed by atoms with Crippen LogP contribution in [0.25, 0.3) is 0 Å². The molecule has 1 aromatic rings. The van der Waals surface area contributed by atoms with Gasteiger partial charge in [-0.1, -0.05) is 11.6 Å². The number of methoxy groups -OCH3 is 2. The third-order valence-electron chi connectivity index (χ3n) is 8.81. The summed E-state index contributed by atoms with van der Waals surface area (Å²) in [5.41, 5.74) is 3.85. The summed E-state index contributed by atoms with van der Waals surface area (Å²) in [7, 11) is 3.36. The Morgan fingerprint density at radius 3 is 2.86 bits per heavy atom. The predicted molar refractivity (Wildman–Crippen MR) is 107 cm³/mol. The van der Waals surface area contributed by atoms with Crippen molar-refractivity contribution in [2.45, 2.75) is 42.9 Å². The van der Waals surface area contributed by atoms with Gasteiger partial charge in [0.05, 0.1) is 45.1 Å². The third kappa shape index (κ3) is 1.76. The number of nitrogens with zero attached hydrogens (tertiary/aromatic N) is 2. The van der Waals surface area contributed by atoms with Gasteiger partial charge in [0.15, 0.2) is 11.5 Å². The lowest BCUT2D eigenvalue weighted by Crippen LogP contribution is -2.69. The van der Waals surface area contributed by atoms with Gasteiger partial charge in [0.25, 0.3) is 0 Å². The van der Waals surface area contributed by atoms with E-state index in [1.54, 1.807) is 19.8 Å². The van der Waals surface area contributed by atoms with Gasteiger partial charge in [-0.3, -0.25) is 9.69 Å². The summed E-state index contributed by atoms with van der Waals surface area (Å²) in [6.07, 6.45) is 5.11. The van der Waals surface area contributed by atoms with Crippen LogP contribution in [0.5, 0.6) is 11.5 Å². The Morgan fingerprint density at radius 1 is 1.21 bits per heavy atom. The van der Waals surface area contributed by atoms with Crippen LogP contribution in [0.15, 0.2) is 23.8 Å². The van der Waals surface area contributed by atoms with Gasteiger partial charge in [0, 0.05) is 30.0 Å². The third-order valence-corrected chi connectivity index (χ3v) is 8.81. The second kappa shape index (κ2) is 5.35. The molecule has 1 amide bonds. The van der Waals surface area contributed by atoms with Gasteiger partial charge in [0.2, 0.25) is 5.91 Å². The number of carbonyl (C=O) groups is 1. The summed E-state index contributed by atoms with van der Waals surface area (Å²) in [6.45, 7) is 2.80. The molecule has 152 valence electrons. The molecule has 0 radical (unpaired) electrons. The molecule has 1 aliphatic carbocycles. The summed E-state index contributed by atoms with van der Waals surface area (Å²) in [5.74, 6) is 2.57. The van der Waals surface area contributed by atoms with Gasteiger partial charge in [-0.15, -0.1) is 0 Å². The van der Waals surface area contributed by atoms with E-state index >= 15 is 0 Å². The van der Waals surface area contributed by atoms with Crippen molar-refractivity contribution in [1.82, 2.24) is 4.90 Å². The fourth-order valence-electron chi connectivity index (χ4n) is 7.87. The second-order valence-corrected chi connectivity index (χ2v) is 9.48. The molecule has 5 aliphatic heterocycles. The minimum atomic E-state index is -0.0242. The Morgan fingerprint density at radius 2 is 2.03 bits per heavy atom. The van der Waals surface area contributed by atoms with Crippen LogP contribution in [0, 0.1) is 11.8 Å². The number of anilines is 1. The van der Waals surface area contributed by atoms with E-state index in [0.717, 1.165) is 30.9 Å². The zero-order valence-corrected chi connectivity index (χ0v) is 16.9. The maximum absolute atomic E-state index is 13.5. The van der Waals surface area contributed by atoms with Crippen LogP contribution in [-0.4, -0.2) is 62.9 Å². The topological polar surface area (TPSA) is 51.2 Å². The highest BCUT2D eigenvalue weighted by Gasteiger charge is 2.71. The smallest absolute Gasteiger partial charge is 0.229 e. The van der Waals surface area contributed by atoms with Crippen molar-refractivity contribution in [3.8, 4) is 11.5 Å². The average molecular weight is 394 g/mol. The van der Waals surface area contributed by atoms with Crippen LogP contribution in [0.3, 0.4) is 0 Å². The van der Waals surface area contributed by atoms with Gasteiger partial charge in [-0.25, -0.2) is 0 Å². The van der Waals surface area contributed by atoms with Crippen LogP contribution < -0.4 is 14.4 Å². The first-order valence-electron chi connectivity index (χ1n) is 10.8. The summed E-state index contributed by atoms with van der Waals surface area (Å²) in [4.78, 5) is 18.3. The van der Waals surface area contributed by atoms with Crippen molar-refractivity contribution in [1.29, 1.82) is 0 Å². The van der Waals surface area contributed by atoms with Crippen LogP contribution >= 0.6 is 0 Å². The van der Waals surface area contributed by atoms with E-state index in [4.69, 9.17) is 14.2 Å². The minimum Gasteiger partial charge on any atom is -0.493 e. The number of piperidine rings is 2. The van der Waals surface area contributed by atoms with E-state index in [1.807, 2.05) is 6.07 Å². The summed E-state index contributed by atoms with van der Waals surface area (Å²) >= 11 is 0. The molecule has 3 unspecified atom stereocenters. The lowest BCUT2D eigenvalue weighted by Gasteiger charge is -2.58. The molecule has 2 bridgehead atoms. The maximum atomic E-state index is 13.5. The molecular formula is C23H26N2O4. The Hall–Kier alpha value is -2.05. The van der Waals surface area contributed by atoms with Crippen molar-refractivity contribution in [3.63, 3.8) is 0 Å². The molecule has 1 spiro atoms. The van der Waals surface area contributed by atoms with Crippen molar-refractivity contribution >= 4 is 11.6 Å². The molecule has 6 atom stereocenters. The normalized spacial score (nSPS) is 41.0. The van der Waals surface area contributed by atoms with Gasteiger partial charge in [-0.05, 0) is 36.9 Å². The molecule has 5 heterocycles. The summed E-state index contributed by atoms with van der Waals surface area (Å²) < 4.78 is 17.6.